The molecule has 0 unspecified atom stereocenters. The SMILES string of the molecule is Cc1c(C(N)=O)c(-c2nccs2)c(C)n1Cc1ccc2c(c1)OCO2. The lowest BCUT2D eigenvalue weighted by molar-refractivity contribution is 0.1000. The zero-order chi connectivity index (χ0) is 17.6. The second-order valence-corrected chi connectivity index (χ2v) is 6.79. The number of hydrogen-bond acceptors (Lipinski definition) is 5. The average Bonchev–Trinajstić information content (AvgIpc) is 3.30. The molecule has 0 radical (unpaired) electrons. The van der Waals surface area contributed by atoms with Crippen molar-refractivity contribution in [2.45, 2.75) is 20.4 Å². The van der Waals surface area contributed by atoms with Gasteiger partial charge in [0.05, 0.1) is 5.56 Å². The molecule has 1 amide bonds. The molecule has 4 rings (SSSR count). The third-order valence-electron chi connectivity index (χ3n) is 4.45. The van der Waals surface area contributed by atoms with Crippen LogP contribution in [0, 0.1) is 13.8 Å². The van der Waals surface area contributed by atoms with E-state index in [0.717, 1.165) is 39.0 Å². The Kier molecular flexibility index (Phi) is 3.73. The maximum Gasteiger partial charge on any atom is 0.251 e. The van der Waals surface area contributed by atoms with Crippen molar-refractivity contribution in [3.63, 3.8) is 0 Å². The standard InChI is InChI=1S/C18H17N3O3S/c1-10-15(17(19)22)16(18-20-5-6-25-18)11(2)21(10)8-12-3-4-13-14(7-12)24-9-23-13/h3-7H,8-9H2,1-2H3,(H2,19,22). The van der Waals surface area contributed by atoms with E-state index in [4.69, 9.17) is 15.2 Å². The molecule has 0 fully saturated rings. The van der Waals surface area contributed by atoms with Gasteiger partial charge in [-0.15, -0.1) is 11.3 Å². The lowest BCUT2D eigenvalue weighted by Crippen LogP contribution is -2.13. The number of aromatic nitrogens is 2. The number of thiazole rings is 1. The summed E-state index contributed by atoms with van der Waals surface area (Å²) in [5.74, 6) is 1.07. The summed E-state index contributed by atoms with van der Waals surface area (Å²) in [6.45, 7) is 4.76. The highest BCUT2D eigenvalue weighted by molar-refractivity contribution is 7.13. The number of carbonyl (C=O) groups excluding carboxylic acids is 1. The smallest absolute Gasteiger partial charge is 0.251 e. The quantitative estimate of drug-likeness (QED) is 0.780. The highest BCUT2D eigenvalue weighted by atomic mass is 32.1. The van der Waals surface area contributed by atoms with Crippen LogP contribution < -0.4 is 15.2 Å². The average molecular weight is 355 g/mol. The molecule has 2 aromatic heterocycles. The predicted molar refractivity (Wildman–Crippen MR) is 95.2 cm³/mol. The van der Waals surface area contributed by atoms with Crippen molar-refractivity contribution in [3.8, 4) is 22.1 Å². The van der Waals surface area contributed by atoms with Gasteiger partial charge in [0, 0.05) is 35.1 Å². The topological polar surface area (TPSA) is 79.4 Å². The van der Waals surface area contributed by atoms with Crippen molar-refractivity contribution >= 4 is 17.2 Å². The number of hydrogen-bond donors (Lipinski definition) is 1. The molecular weight excluding hydrogens is 338 g/mol. The van der Waals surface area contributed by atoms with Crippen LogP contribution in [0.15, 0.2) is 29.8 Å². The number of nitrogens with two attached hydrogens (primary N) is 1. The molecule has 0 spiro atoms. The summed E-state index contributed by atoms with van der Waals surface area (Å²) in [5.41, 5.74) is 9.89. The molecule has 2 N–H and O–H groups in total. The lowest BCUT2D eigenvalue weighted by Gasteiger charge is -2.10. The van der Waals surface area contributed by atoms with E-state index < -0.39 is 5.91 Å². The molecule has 6 nitrogen and oxygen atoms in total. The van der Waals surface area contributed by atoms with E-state index in [9.17, 15) is 4.79 Å². The van der Waals surface area contributed by atoms with Gasteiger partial charge in [-0.1, -0.05) is 6.07 Å². The molecule has 25 heavy (non-hydrogen) atoms. The van der Waals surface area contributed by atoms with Gasteiger partial charge >= 0.3 is 0 Å². The van der Waals surface area contributed by atoms with Gasteiger partial charge in [-0.25, -0.2) is 4.98 Å². The number of rotatable bonds is 4. The number of nitrogens with zero attached hydrogens (tertiary/aromatic N) is 2. The molecule has 3 aromatic rings. The number of carbonyl (C=O) groups is 1. The van der Waals surface area contributed by atoms with Crippen LogP contribution in [0.4, 0.5) is 0 Å². The van der Waals surface area contributed by atoms with E-state index >= 15 is 0 Å². The van der Waals surface area contributed by atoms with E-state index in [1.807, 2.05) is 37.4 Å². The molecule has 1 aromatic carbocycles. The van der Waals surface area contributed by atoms with Crippen molar-refractivity contribution in [1.29, 1.82) is 0 Å². The van der Waals surface area contributed by atoms with E-state index in [-0.39, 0.29) is 6.79 Å². The maximum absolute atomic E-state index is 12.1. The van der Waals surface area contributed by atoms with Crippen LogP contribution in [0.1, 0.15) is 27.3 Å². The number of primary amides is 1. The predicted octanol–water partition coefficient (Wildman–Crippen LogP) is 3.10. The van der Waals surface area contributed by atoms with E-state index in [2.05, 4.69) is 9.55 Å². The van der Waals surface area contributed by atoms with Crippen LogP contribution in [0.25, 0.3) is 10.6 Å². The highest BCUT2D eigenvalue weighted by Crippen LogP contribution is 2.36. The summed E-state index contributed by atoms with van der Waals surface area (Å²) >= 11 is 1.50. The Morgan fingerprint density at radius 1 is 1.28 bits per heavy atom. The van der Waals surface area contributed by atoms with Crippen LogP contribution in [-0.2, 0) is 6.54 Å². The fourth-order valence-corrected chi connectivity index (χ4v) is 3.99. The summed E-state index contributed by atoms with van der Waals surface area (Å²) in [5, 5.41) is 2.70. The first-order valence-electron chi connectivity index (χ1n) is 7.84. The Hall–Kier alpha value is -2.80. The van der Waals surface area contributed by atoms with Crippen LogP contribution in [0.3, 0.4) is 0 Å². The van der Waals surface area contributed by atoms with E-state index in [1.54, 1.807) is 6.20 Å². The first-order valence-corrected chi connectivity index (χ1v) is 8.72. The summed E-state index contributed by atoms with van der Waals surface area (Å²) in [4.78, 5) is 16.4. The van der Waals surface area contributed by atoms with Gasteiger partial charge in [0.1, 0.15) is 5.01 Å². The lowest BCUT2D eigenvalue weighted by atomic mass is 10.1. The summed E-state index contributed by atoms with van der Waals surface area (Å²) in [7, 11) is 0. The summed E-state index contributed by atoms with van der Waals surface area (Å²) in [6.07, 6.45) is 1.73. The molecule has 1 aliphatic rings. The van der Waals surface area contributed by atoms with Gasteiger partial charge < -0.3 is 19.8 Å². The Labute approximate surface area is 148 Å². The van der Waals surface area contributed by atoms with Crippen LogP contribution in [0.5, 0.6) is 11.5 Å². The fraction of sp³-hybridized carbons (Fsp3) is 0.222. The first kappa shape index (κ1) is 15.7. The van der Waals surface area contributed by atoms with E-state index in [1.165, 1.54) is 11.3 Å². The van der Waals surface area contributed by atoms with Gasteiger partial charge in [0.25, 0.3) is 5.91 Å². The number of ether oxygens (including phenoxy) is 2. The molecule has 7 heteroatoms. The molecule has 0 aliphatic carbocycles. The maximum atomic E-state index is 12.1. The zero-order valence-corrected chi connectivity index (χ0v) is 14.7. The largest absolute Gasteiger partial charge is 0.454 e. The molecule has 3 heterocycles. The molecule has 0 atom stereocenters. The van der Waals surface area contributed by atoms with Crippen molar-refractivity contribution in [2.75, 3.05) is 6.79 Å². The van der Waals surface area contributed by atoms with Crippen LogP contribution in [-0.4, -0.2) is 22.3 Å². The number of benzene rings is 1. The Morgan fingerprint density at radius 2 is 2.08 bits per heavy atom. The van der Waals surface area contributed by atoms with Gasteiger partial charge in [0.15, 0.2) is 11.5 Å². The third-order valence-corrected chi connectivity index (χ3v) is 5.24. The van der Waals surface area contributed by atoms with Crippen molar-refractivity contribution in [3.05, 3.63) is 52.3 Å². The Balaban J connectivity index is 1.80. The summed E-state index contributed by atoms with van der Waals surface area (Å²) < 4.78 is 12.9. The molecule has 0 saturated carbocycles. The second-order valence-electron chi connectivity index (χ2n) is 5.90. The second kappa shape index (κ2) is 5.93. The minimum Gasteiger partial charge on any atom is -0.454 e. The third kappa shape index (κ3) is 2.56. The zero-order valence-electron chi connectivity index (χ0n) is 13.9. The molecule has 1 aliphatic heterocycles. The minimum absolute atomic E-state index is 0.250. The Bertz CT molecular complexity index is 961. The van der Waals surface area contributed by atoms with Gasteiger partial charge in [0.2, 0.25) is 6.79 Å². The highest BCUT2D eigenvalue weighted by Gasteiger charge is 2.24. The van der Waals surface area contributed by atoms with E-state index in [0.29, 0.717) is 12.1 Å². The van der Waals surface area contributed by atoms with Crippen LogP contribution in [0.2, 0.25) is 0 Å². The molecular formula is C18H17N3O3S. The van der Waals surface area contributed by atoms with Crippen molar-refractivity contribution < 1.29 is 14.3 Å². The number of fused-ring (bicyclic) bond motifs is 1. The minimum atomic E-state index is -0.435. The fourth-order valence-electron chi connectivity index (χ4n) is 3.25. The number of amides is 1. The summed E-state index contributed by atoms with van der Waals surface area (Å²) in [6, 6.07) is 5.87. The first-order chi connectivity index (χ1) is 12.1. The van der Waals surface area contributed by atoms with Crippen molar-refractivity contribution in [2.24, 2.45) is 5.73 Å². The van der Waals surface area contributed by atoms with Gasteiger partial charge in [-0.3, -0.25) is 4.79 Å². The van der Waals surface area contributed by atoms with Gasteiger partial charge in [-0.2, -0.15) is 0 Å². The molecule has 128 valence electrons. The molecule has 0 saturated heterocycles. The monoisotopic (exact) mass is 355 g/mol. The van der Waals surface area contributed by atoms with Gasteiger partial charge in [-0.05, 0) is 31.5 Å². The Morgan fingerprint density at radius 3 is 2.80 bits per heavy atom. The normalized spacial score (nSPS) is 12.6. The molecule has 0 bridgehead atoms. The van der Waals surface area contributed by atoms with Crippen LogP contribution >= 0.6 is 11.3 Å². The van der Waals surface area contributed by atoms with Crippen molar-refractivity contribution in [1.82, 2.24) is 9.55 Å².